The van der Waals surface area contributed by atoms with Crippen molar-refractivity contribution >= 4 is 109 Å². The number of hydrogen-bond donors (Lipinski definition) is 0. The van der Waals surface area contributed by atoms with Gasteiger partial charge in [0.2, 0.25) is 16.7 Å². The number of benzene rings is 8. The van der Waals surface area contributed by atoms with Crippen LogP contribution in [-0.4, -0.2) is 18.7 Å². The monoisotopic (exact) mass is 1130 g/mol. The van der Waals surface area contributed by atoms with Crippen molar-refractivity contribution in [2.75, 3.05) is 0 Å². The molecule has 11 nitrogen and oxygen atoms in total. The standard InChI is InChI=1S/C21H14N3O.2C17H13N2O.C16H10NS2/c1-2-8-15(9-3-1)24-17-11-5-4-10-16(17)19-20(24)23-13-14-7-6-12-22-18(14)21(23)25-19;2*1-18-14-9-5-4-8-13(14)15-16(18)19-10-11-6-2-3-7-12(11)17(19)20-15;1-2-6-11-10(5-1)9-17-15(11)19-14-12-7-3-4-8-13(12)18-16(14)17/h1-12H,13H2;2*2-9H,10H2,1H3;1-8H,9H2/q4*+1/i;1D3;;. The number of aromatic nitrogens is 8. The zero-order valence-electron chi connectivity index (χ0n) is 48.2. The number of oxazole rings is 3. The molecule has 17 aromatic rings. The van der Waals surface area contributed by atoms with Crippen molar-refractivity contribution in [3.63, 3.8) is 0 Å². The molecule has 0 fully saturated rings. The van der Waals surface area contributed by atoms with Crippen molar-refractivity contribution in [2.45, 2.75) is 26.2 Å². The second-order valence-corrected chi connectivity index (χ2v) is 23.8. The van der Waals surface area contributed by atoms with E-state index in [-0.39, 0.29) is 0 Å². The van der Waals surface area contributed by atoms with Crippen LogP contribution in [0, 0.1) is 0 Å². The molecule has 84 heavy (non-hydrogen) atoms. The molecule has 13 heterocycles. The molecule has 21 rings (SSSR count). The molecule has 0 aliphatic carbocycles. The van der Waals surface area contributed by atoms with Gasteiger partial charge in [-0.15, -0.1) is 0 Å². The summed E-state index contributed by atoms with van der Waals surface area (Å²) in [5, 5.41) is 5.97. The summed E-state index contributed by atoms with van der Waals surface area (Å²) >= 11 is 3.86. The fourth-order valence-electron chi connectivity index (χ4n) is 13.3. The quantitative estimate of drug-likeness (QED) is 0.153. The molecule has 0 atom stereocenters. The van der Waals surface area contributed by atoms with Gasteiger partial charge in [-0.1, -0.05) is 156 Å². The van der Waals surface area contributed by atoms with Crippen LogP contribution in [0.3, 0.4) is 0 Å². The Labute approximate surface area is 492 Å². The maximum atomic E-state index is 7.96. The van der Waals surface area contributed by atoms with Crippen molar-refractivity contribution in [2.24, 2.45) is 14.0 Å². The normalized spacial score (nSPS) is 13.6. The number of aryl methyl sites for hydroxylation is 2. The third-order valence-corrected chi connectivity index (χ3v) is 19.7. The van der Waals surface area contributed by atoms with Crippen molar-refractivity contribution in [3.8, 4) is 50.8 Å². The first-order valence-electron chi connectivity index (χ1n) is 29.6. The molecule has 13 heteroatoms. The Bertz CT molecular complexity index is 5700. The van der Waals surface area contributed by atoms with Crippen LogP contribution in [0.25, 0.3) is 137 Å². The van der Waals surface area contributed by atoms with Crippen LogP contribution in [0.1, 0.15) is 26.4 Å². The fraction of sp³-hybridized carbons (Fsp3) is 0.0845. The molecular weight excluding hydrogens is 1080 g/mol. The molecule has 0 saturated carbocycles. The molecule has 4 aliphatic rings. The van der Waals surface area contributed by atoms with Gasteiger partial charge in [0.1, 0.15) is 46.6 Å². The summed E-state index contributed by atoms with van der Waals surface area (Å²) in [5.41, 5.74) is 19.3. The van der Waals surface area contributed by atoms with Crippen molar-refractivity contribution in [1.29, 1.82) is 0 Å². The summed E-state index contributed by atoms with van der Waals surface area (Å²) in [4.78, 5) is 5.96. The summed E-state index contributed by atoms with van der Waals surface area (Å²) in [6.07, 6.45) is 1.82. The molecule has 0 bridgehead atoms. The van der Waals surface area contributed by atoms with Gasteiger partial charge in [-0.05, 0) is 78.9 Å². The molecule has 9 aromatic heterocycles. The highest BCUT2D eigenvalue weighted by Crippen LogP contribution is 2.43. The first-order chi connectivity index (χ1) is 42.7. The van der Waals surface area contributed by atoms with Gasteiger partial charge in [0.05, 0.1) is 51.0 Å². The topological polar surface area (TPSA) is 82.6 Å². The number of pyridine rings is 1. The Morgan fingerprint density at radius 1 is 0.429 bits per heavy atom. The molecule has 0 spiro atoms. The van der Waals surface area contributed by atoms with Crippen LogP contribution in [0.5, 0.6) is 0 Å². The molecule has 0 saturated heterocycles. The van der Waals surface area contributed by atoms with Gasteiger partial charge in [-0.2, -0.15) is 22.8 Å². The van der Waals surface area contributed by atoms with E-state index >= 15 is 0 Å². The van der Waals surface area contributed by atoms with Crippen LogP contribution in [-0.2, 0) is 40.2 Å². The third-order valence-electron chi connectivity index (χ3n) is 17.1. The Morgan fingerprint density at radius 2 is 0.905 bits per heavy atom. The predicted octanol–water partition coefficient (Wildman–Crippen LogP) is 15.0. The number of thiophene rings is 1. The summed E-state index contributed by atoms with van der Waals surface area (Å²) in [6.45, 7) is 1.07. The summed E-state index contributed by atoms with van der Waals surface area (Å²) in [5.74, 6) is 2.55. The SMILES string of the molecule is Cn1c2ccccc2c2oc3[n+](c21)Cc1ccccc1-3.[2H]C([2H])([2H])n1c2ccccc2c2oc3[n+](c21)Cc1ccccc1-3.c1ccc(-n2c3ccccc3c3oc4[n+](c32)Cc2cccnc2-4)cc1.c1ccc2c(c1)C[n+]1c-2sc2c3ccccc3sc21. The number of fused-ring (bicyclic) bond motifs is 28. The van der Waals surface area contributed by atoms with Crippen LogP contribution >= 0.6 is 22.7 Å². The molecule has 0 amide bonds. The van der Waals surface area contributed by atoms with Gasteiger partial charge in [-0.3, -0.25) is 0 Å². The second-order valence-electron chi connectivity index (χ2n) is 21.8. The number of rotatable bonds is 1. The van der Waals surface area contributed by atoms with E-state index in [1.165, 1.54) is 67.9 Å². The van der Waals surface area contributed by atoms with Crippen LogP contribution in [0.15, 0.2) is 232 Å². The van der Waals surface area contributed by atoms with Crippen molar-refractivity contribution < 1.29 is 35.6 Å². The largest absolute Gasteiger partial charge is 0.413 e. The summed E-state index contributed by atoms with van der Waals surface area (Å²) in [7, 11) is 2.11. The lowest BCUT2D eigenvalue weighted by molar-refractivity contribution is -0.652. The first kappa shape index (κ1) is 44.4. The highest BCUT2D eigenvalue weighted by Gasteiger charge is 2.39. The van der Waals surface area contributed by atoms with Gasteiger partial charge < -0.3 is 13.3 Å². The minimum absolute atomic E-state index is 0.623. The van der Waals surface area contributed by atoms with E-state index in [2.05, 4.69) is 187 Å². The van der Waals surface area contributed by atoms with Crippen LogP contribution in [0.4, 0.5) is 0 Å². The number of nitrogens with zero attached hydrogens (tertiary/aromatic N) is 8. The second kappa shape index (κ2) is 18.1. The summed E-state index contributed by atoms with van der Waals surface area (Å²) < 4.78 is 60.3. The zero-order valence-corrected chi connectivity index (χ0v) is 46.9. The molecule has 0 unspecified atom stereocenters. The maximum absolute atomic E-state index is 7.96. The minimum Gasteiger partial charge on any atom is -0.413 e. The third kappa shape index (κ3) is 6.81. The van der Waals surface area contributed by atoms with E-state index in [1.54, 1.807) is 0 Å². The van der Waals surface area contributed by atoms with E-state index in [9.17, 15) is 0 Å². The Hall–Kier alpha value is -10.2. The Balaban J connectivity index is 0.0000000877. The first-order valence-corrected chi connectivity index (χ1v) is 29.8. The summed E-state index contributed by atoms with van der Waals surface area (Å²) in [6, 6.07) is 72.8. The lowest BCUT2D eigenvalue weighted by Crippen LogP contribution is -2.32. The van der Waals surface area contributed by atoms with E-state index in [1.807, 2.05) is 94.1 Å². The lowest BCUT2D eigenvalue weighted by Gasteiger charge is -2.00. The molecule has 4 aliphatic heterocycles. The molecular formula is C71H50N8O3S2+4. The van der Waals surface area contributed by atoms with Gasteiger partial charge in [0.15, 0.2) is 12.2 Å². The van der Waals surface area contributed by atoms with Gasteiger partial charge in [0.25, 0.3) is 21.6 Å². The smallest absolute Gasteiger partial charge is 0.334 e. The van der Waals surface area contributed by atoms with Gasteiger partial charge in [-0.25, -0.2) is 14.1 Å². The highest BCUT2D eigenvalue weighted by molar-refractivity contribution is 7.32. The average Bonchev–Trinajstić information content (AvgIpc) is 1.97. The molecule has 0 N–H and O–H groups in total. The Kier molecular flexibility index (Phi) is 9.60. The molecule has 0 radical (unpaired) electrons. The number of thiazole rings is 1. The number of para-hydroxylation sites is 4. The zero-order chi connectivity index (χ0) is 57.8. The lowest BCUT2D eigenvalue weighted by atomic mass is 10.1. The van der Waals surface area contributed by atoms with Crippen LogP contribution in [0.2, 0.25) is 0 Å². The fourth-order valence-corrected chi connectivity index (χ4v) is 16.1. The van der Waals surface area contributed by atoms with E-state index < -0.39 is 6.98 Å². The molecule has 400 valence electrons. The predicted molar refractivity (Wildman–Crippen MR) is 332 cm³/mol. The Morgan fingerprint density at radius 3 is 1.58 bits per heavy atom. The van der Waals surface area contributed by atoms with Gasteiger partial charge >= 0.3 is 22.8 Å². The molecule has 8 aromatic carbocycles. The van der Waals surface area contributed by atoms with Crippen molar-refractivity contribution in [1.82, 2.24) is 18.7 Å². The number of hydrogen-bond acceptors (Lipinski definition) is 6. The maximum Gasteiger partial charge on any atom is 0.334 e. The van der Waals surface area contributed by atoms with E-state index in [0.717, 1.165) is 98.6 Å². The van der Waals surface area contributed by atoms with Gasteiger partial charge in [0, 0.05) is 38.5 Å². The average molecular weight is 1130 g/mol. The van der Waals surface area contributed by atoms with Crippen LogP contribution < -0.4 is 18.3 Å². The van der Waals surface area contributed by atoms with E-state index in [4.69, 9.17) is 17.4 Å². The highest BCUT2D eigenvalue weighted by atomic mass is 32.1. The minimum atomic E-state index is -2.26. The van der Waals surface area contributed by atoms with Crippen molar-refractivity contribution in [3.05, 3.63) is 241 Å². The van der Waals surface area contributed by atoms with E-state index in [0.29, 0.717) is 23.3 Å².